The van der Waals surface area contributed by atoms with Crippen LogP contribution in [0.3, 0.4) is 0 Å². The number of methoxy groups -OCH3 is 1. The summed E-state index contributed by atoms with van der Waals surface area (Å²) < 4.78 is 10.8. The molecular weight excluding hydrogens is 585 g/mol. The number of ether oxygens (including phenoxy) is 2. The molecule has 1 aromatic carbocycles. The molecule has 2 saturated heterocycles. The van der Waals surface area contributed by atoms with Crippen molar-refractivity contribution in [2.45, 2.75) is 96.0 Å². The number of benzene rings is 1. The van der Waals surface area contributed by atoms with Crippen LogP contribution in [0.2, 0.25) is 0 Å². The van der Waals surface area contributed by atoms with E-state index in [1.165, 1.54) is 54.3 Å². The first-order chi connectivity index (χ1) is 20.6. The number of hydrogen-bond acceptors (Lipinski definition) is 8. The number of rotatable bonds is 11. The van der Waals surface area contributed by atoms with Crippen LogP contribution in [-0.2, 0) is 20.9 Å². The summed E-state index contributed by atoms with van der Waals surface area (Å²) in [5, 5.41) is 6.28. The van der Waals surface area contributed by atoms with Crippen molar-refractivity contribution in [2.24, 2.45) is 5.92 Å². The molecule has 4 rings (SSSR count). The van der Waals surface area contributed by atoms with Crippen molar-refractivity contribution in [3.8, 4) is 5.75 Å². The minimum atomic E-state index is -0.653. The molecule has 3 fully saturated rings. The molecule has 0 bridgehead atoms. The smallest absolute Gasteiger partial charge is 0.411 e. The Bertz CT molecular complexity index is 1050. The summed E-state index contributed by atoms with van der Waals surface area (Å²) >= 11 is 3.28. The lowest BCUT2D eigenvalue weighted by Gasteiger charge is -2.33. The van der Waals surface area contributed by atoms with Crippen molar-refractivity contribution in [1.82, 2.24) is 20.4 Å². The Labute approximate surface area is 265 Å². The molecule has 2 unspecified atom stereocenters. The van der Waals surface area contributed by atoms with Gasteiger partial charge in [0.25, 0.3) is 0 Å². The molecule has 2 aliphatic heterocycles. The van der Waals surface area contributed by atoms with Gasteiger partial charge in [0.1, 0.15) is 23.4 Å². The number of carbonyl (C=O) groups excluding carboxylic acids is 3. The normalized spacial score (nSPS) is 21.3. The lowest BCUT2D eigenvalue weighted by atomic mass is 9.91. The number of amides is 3. The molecule has 0 radical (unpaired) electrons. The molecule has 240 valence electrons. The van der Waals surface area contributed by atoms with E-state index < -0.39 is 23.8 Å². The van der Waals surface area contributed by atoms with Crippen LogP contribution in [0.4, 0.5) is 4.79 Å². The van der Waals surface area contributed by atoms with Crippen molar-refractivity contribution in [3.63, 3.8) is 0 Å². The Kier molecular flexibility index (Phi) is 12.8. The Morgan fingerprint density at radius 1 is 1.05 bits per heavy atom. The number of likely N-dealkylation sites (tertiary alicyclic amines) is 1. The third-order valence-electron chi connectivity index (χ3n) is 8.31. The summed E-state index contributed by atoms with van der Waals surface area (Å²) in [6.07, 6.45) is 7.60. The summed E-state index contributed by atoms with van der Waals surface area (Å²) in [5.41, 5.74) is 0.597. The van der Waals surface area contributed by atoms with Crippen LogP contribution >= 0.6 is 23.5 Å². The van der Waals surface area contributed by atoms with Gasteiger partial charge in [0.15, 0.2) is 0 Å². The predicted octanol–water partition coefficient (Wildman–Crippen LogP) is 4.88. The maximum atomic E-state index is 13.6. The molecule has 1 saturated carbocycles. The second-order valence-electron chi connectivity index (χ2n) is 13.0. The molecule has 3 aliphatic rings. The molecule has 1 aliphatic carbocycles. The SMILES string of the molecule is COc1ccc(CN2CCC(NC(=O)C(CSCC3CCCCC3)NC(=O)C3CSCN3C(=O)OC(C)(C)C)CC2)cc1. The molecule has 43 heavy (non-hydrogen) atoms. The Morgan fingerprint density at radius 2 is 1.74 bits per heavy atom. The highest BCUT2D eigenvalue weighted by atomic mass is 32.2. The van der Waals surface area contributed by atoms with Crippen molar-refractivity contribution in [3.05, 3.63) is 29.8 Å². The van der Waals surface area contributed by atoms with Gasteiger partial charge in [-0.2, -0.15) is 11.8 Å². The molecule has 2 heterocycles. The average molecular weight is 635 g/mol. The van der Waals surface area contributed by atoms with E-state index in [0.29, 0.717) is 23.3 Å². The minimum absolute atomic E-state index is 0.0719. The molecule has 0 spiro atoms. The fraction of sp³-hybridized carbons (Fsp3) is 0.719. The summed E-state index contributed by atoms with van der Waals surface area (Å²) in [5.74, 6) is 3.53. The van der Waals surface area contributed by atoms with Gasteiger partial charge in [-0.3, -0.25) is 19.4 Å². The van der Waals surface area contributed by atoms with E-state index in [-0.39, 0.29) is 17.9 Å². The van der Waals surface area contributed by atoms with Gasteiger partial charge >= 0.3 is 6.09 Å². The number of hydrogen-bond donors (Lipinski definition) is 2. The summed E-state index contributed by atoms with van der Waals surface area (Å²) in [6, 6.07) is 6.93. The highest BCUT2D eigenvalue weighted by molar-refractivity contribution is 7.99. The zero-order chi connectivity index (χ0) is 30.8. The van der Waals surface area contributed by atoms with E-state index in [2.05, 4.69) is 27.7 Å². The second kappa shape index (κ2) is 16.3. The molecule has 3 amide bonds. The summed E-state index contributed by atoms with van der Waals surface area (Å²) in [7, 11) is 1.67. The fourth-order valence-electron chi connectivity index (χ4n) is 5.84. The summed E-state index contributed by atoms with van der Waals surface area (Å²) in [6.45, 7) is 8.11. The van der Waals surface area contributed by atoms with Crippen molar-refractivity contribution in [2.75, 3.05) is 43.3 Å². The first-order valence-corrected chi connectivity index (χ1v) is 18.0. The van der Waals surface area contributed by atoms with Crippen molar-refractivity contribution in [1.29, 1.82) is 0 Å². The average Bonchev–Trinajstić information content (AvgIpc) is 3.48. The quantitative estimate of drug-likeness (QED) is 0.355. The lowest BCUT2D eigenvalue weighted by molar-refractivity contribution is -0.131. The number of piperidine rings is 1. The minimum Gasteiger partial charge on any atom is -0.497 e. The van der Waals surface area contributed by atoms with Gasteiger partial charge in [-0.1, -0.05) is 31.4 Å². The standard InChI is InChI=1S/C32H50N4O5S2/c1-32(2,3)41-31(39)36-22-43-21-28(36)30(38)34-27(20-42-19-24-8-6-5-7-9-24)29(37)33-25-14-16-35(17-15-25)18-23-10-12-26(40-4)13-11-23/h10-13,24-25,27-28H,5-9,14-22H2,1-4H3,(H,33,37)(H,34,38). The molecule has 1 aromatic rings. The Hall–Kier alpha value is -2.11. The van der Waals surface area contributed by atoms with Gasteiger partial charge in [-0.05, 0) is 75.8 Å². The maximum Gasteiger partial charge on any atom is 0.411 e. The van der Waals surface area contributed by atoms with Crippen LogP contribution in [0.1, 0.15) is 71.3 Å². The first kappa shape index (κ1) is 33.8. The van der Waals surface area contributed by atoms with E-state index in [0.717, 1.165) is 44.0 Å². The van der Waals surface area contributed by atoms with E-state index >= 15 is 0 Å². The molecule has 2 N–H and O–H groups in total. The van der Waals surface area contributed by atoms with Crippen LogP contribution in [-0.4, -0.2) is 94.8 Å². The van der Waals surface area contributed by atoms with E-state index in [4.69, 9.17) is 9.47 Å². The third kappa shape index (κ3) is 10.8. The number of carbonyl (C=O) groups is 3. The predicted molar refractivity (Wildman–Crippen MR) is 174 cm³/mol. The zero-order valence-electron chi connectivity index (χ0n) is 26.3. The van der Waals surface area contributed by atoms with Crippen LogP contribution < -0.4 is 15.4 Å². The second-order valence-corrected chi connectivity index (χ2v) is 15.1. The van der Waals surface area contributed by atoms with Crippen LogP contribution in [0, 0.1) is 5.92 Å². The number of thioether (sulfide) groups is 2. The highest BCUT2D eigenvalue weighted by Gasteiger charge is 2.39. The third-order valence-corrected chi connectivity index (χ3v) is 10.6. The van der Waals surface area contributed by atoms with Gasteiger partial charge in [-0.15, -0.1) is 11.8 Å². The van der Waals surface area contributed by atoms with Gasteiger partial charge < -0.3 is 20.1 Å². The monoisotopic (exact) mass is 634 g/mol. The van der Waals surface area contributed by atoms with E-state index in [1.807, 2.05) is 32.9 Å². The largest absolute Gasteiger partial charge is 0.497 e. The zero-order valence-corrected chi connectivity index (χ0v) is 27.9. The van der Waals surface area contributed by atoms with E-state index in [9.17, 15) is 14.4 Å². The van der Waals surface area contributed by atoms with Crippen LogP contribution in [0.15, 0.2) is 24.3 Å². The maximum absolute atomic E-state index is 13.6. The van der Waals surface area contributed by atoms with Crippen molar-refractivity contribution < 1.29 is 23.9 Å². The Balaban J connectivity index is 1.31. The van der Waals surface area contributed by atoms with Crippen LogP contribution in [0.5, 0.6) is 5.75 Å². The number of nitrogens with zero attached hydrogens (tertiary/aromatic N) is 2. The molecular formula is C32H50N4O5S2. The molecule has 2 atom stereocenters. The Morgan fingerprint density at radius 3 is 2.40 bits per heavy atom. The van der Waals surface area contributed by atoms with Crippen molar-refractivity contribution >= 4 is 41.4 Å². The molecule has 11 heteroatoms. The van der Waals surface area contributed by atoms with Crippen LogP contribution in [0.25, 0.3) is 0 Å². The fourth-order valence-corrected chi connectivity index (χ4v) is 8.26. The molecule has 9 nitrogen and oxygen atoms in total. The number of nitrogens with one attached hydrogen (secondary N) is 2. The van der Waals surface area contributed by atoms with Gasteiger partial charge in [-0.25, -0.2) is 4.79 Å². The first-order valence-electron chi connectivity index (χ1n) is 15.7. The lowest BCUT2D eigenvalue weighted by Crippen LogP contribution is -2.57. The van der Waals surface area contributed by atoms with Gasteiger partial charge in [0, 0.05) is 37.2 Å². The van der Waals surface area contributed by atoms with Gasteiger partial charge in [0.05, 0.1) is 13.0 Å². The van der Waals surface area contributed by atoms with Gasteiger partial charge in [0.2, 0.25) is 11.8 Å². The summed E-state index contributed by atoms with van der Waals surface area (Å²) in [4.78, 5) is 43.8. The molecule has 0 aromatic heterocycles. The van der Waals surface area contributed by atoms with E-state index in [1.54, 1.807) is 18.9 Å². The topological polar surface area (TPSA) is 100 Å². The highest BCUT2D eigenvalue weighted by Crippen LogP contribution is 2.28.